The van der Waals surface area contributed by atoms with Gasteiger partial charge in [-0.2, -0.15) is 0 Å². The number of nitrogens with one attached hydrogen (secondary N) is 1. The van der Waals surface area contributed by atoms with E-state index in [2.05, 4.69) is 12.2 Å². The lowest BCUT2D eigenvalue weighted by Gasteiger charge is -2.12. The van der Waals surface area contributed by atoms with Gasteiger partial charge in [0.25, 0.3) is 0 Å². The van der Waals surface area contributed by atoms with Crippen LogP contribution < -0.4 is 5.32 Å². The first-order valence-corrected chi connectivity index (χ1v) is 6.13. The second-order valence-electron chi connectivity index (χ2n) is 5.08. The zero-order valence-electron chi connectivity index (χ0n) is 10.1. The molecule has 1 aliphatic rings. The average Bonchev–Trinajstić information content (AvgIpc) is 2.66. The first-order valence-electron chi connectivity index (χ1n) is 6.13. The van der Waals surface area contributed by atoms with Crippen molar-refractivity contribution in [1.29, 1.82) is 0 Å². The molecule has 1 aromatic rings. The van der Waals surface area contributed by atoms with Crippen LogP contribution in [-0.2, 0) is 6.54 Å². The van der Waals surface area contributed by atoms with Crippen LogP contribution in [0.15, 0.2) is 18.2 Å². The van der Waals surface area contributed by atoms with Crippen LogP contribution >= 0.6 is 0 Å². The maximum Gasteiger partial charge on any atom is 0.126 e. The van der Waals surface area contributed by atoms with Gasteiger partial charge in [-0.25, -0.2) is 4.39 Å². The molecule has 1 nitrogen and oxygen atoms in total. The molecule has 0 amide bonds. The topological polar surface area (TPSA) is 12.0 Å². The third kappa shape index (κ3) is 2.82. The molecule has 2 unspecified atom stereocenters. The van der Waals surface area contributed by atoms with E-state index in [0.29, 0.717) is 6.04 Å². The van der Waals surface area contributed by atoms with Gasteiger partial charge < -0.3 is 5.32 Å². The second kappa shape index (κ2) is 4.96. The smallest absolute Gasteiger partial charge is 0.126 e. The van der Waals surface area contributed by atoms with E-state index in [9.17, 15) is 4.39 Å². The molecule has 16 heavy (non-hydrogen) atoms. The van der Waals surface area contributed by atoms with Gasteiger partial charge in [0.1, 0.15) is 5.82 Å². The van der Waals surface area contributed by atoms with E-state index in [1.54, 1.807) is 6.07 Å². The molecule has 0 aromatic heterocycles. The highest BCUT2D eigenvalue weighted by atomic mass is 19.1. The van der Waals surface area contributed by atoms with Gasteiger partial charge in [0.05, 0.1) is 0 Å². The quantitative estimate of drug-likeness (QED) is 0.824. The predicted octanol–water partition coefficient (Wildman–Crippen LogP) is 3.41. The second-order valence-corrected chi connectivity index (χ2v) is 5.08. The minimum Gasteiger partial charge on any atom is -0.310 e. The lowest BCUT2D eigenvalue weighted by atomic mass is 10.1. The van der Waals surface area contributed by atoms with Gasteiger partial charge in [0, 0.05) is 12.6 Å². The van der Waals surface area contributed by atoms with Crippen LogP contribution in [0.2, 0.25) is 0 Å². The minimum absolute atomic E-state index is 0.113. The van der Waals surface area contributed by atoms with Gasteiger partial charge in [-0.05, 0) is 49.3 Å². The van der Waals surface area contributed by atoms with Crippen molar-refractivity contribution in [1.82, 2.24) is 5.32 Å². The highest BCUT2D eigenvalue weighted by molar-refractivity contribution is 5.23. The number of benzene rings is 1. The molecule has 0 radical (unpaired) electrons. The highest BCUT2D eigenvalue weighted by Crippen LogP contribution is 2.24. The predicted molar refractivity (Wildman–Crippen MR) is 64.8 cm³/mol. The van der Waals surface area contributed by atoms with E-state index in [0.717, 1.165) is 18.0 Å². The summed E-state index contributed by atoms with van der Waals surface area (Å²) < 4.78 is 13.1. The standard InChI is InChI=1S/C14H20FN/c1-10-3-5-13(7-10)16-9-12-4-6-14(15)11(2)8-12/h4,6,8,10,13,16H,3,5,7,9H2,1-2H3. The molecule has 2 heteroatoms. The van der Waals surface area contributed by atoms with Crippen LogP contribution in [0.25, 0.3) is 0 Å². The van der Waals surface area contributed by atoms with E-state index in [-0.39, 0.29) is 5.82 Å². The summed E-state index contributed by atoms with van der Waals surface area (Å²) >= 11 is 0. The van der Waals surface area contributed by atoms with Gasteiger partial charge in [-0.3, -0.25) is 0 Å². The number of rotatable bonds is 3. The summed E-state index contributed by atoms with van der Waals surface area (Å²) in [5.41, 5.74) is 1.91. The maximum atomic E-state index is 13.1. The maximum absolute atomic E-state index is 13.1. The van der Waals surface area contributed by atoms with Crippen LogP contribution in [-0.4, -0.2) is 6.04 Å². The normalized spacial score (nSPS) is 24.9. The third-order valence-electron chi connectivity index (χ3n) is 3.51. The highest BCUT2D eigenvalue weighted by Gasteiger charge is 2.20. The van der Waals surface area contributed by atoms with E-state index < -0.39 is 0 Å². The molecule has 0 heterocycles. The monoisotopic (exact) mass is 221 g/mol. The van der Waals surface area contributed by atoms with Gasteiger partial charge in [-0.15, -0.1) is 0 Å². The number of aryl methyl sites for hydroxylation is 1. The Morgan fingerprint density at radius 1 is 1.38 bits per heavy atom. The summed E-state index contributed by atoms with van der Waals surface area (Å²) in [4.78, 5) is 0. The molecular weight excluding hydrogens is 201 g/mol. The molecule has 0 bridgehead atoms. The van der Waals surface area contributed by atoms with E-state index >= 15 is 0 Å². The van der Waals surface area contributed by atoms with Crippen molar-refractivity contribution in [2.75, 3.05) is 0 Å². The largest absolute Gasteiger partial charge is 0.310 e. The van der Waals surface area contributed by atoms with Crippen molar-refractivity contribution >= 4 is 0 Å². The Morgan fingerprint density at radius 2 is 2.19 bits per heavy atom. The number of halogens is 1. The molecule has 0 aliphatic heterocycles. The molecule has 2 atom stereocenters. The Labute approximate surface area is 97.1 Å². The van der Waals surface area contributed by atoms with Gasteiger partial charge >= 0.3 is 0 Å². The molecular formula is C14H20FN. The lowest BCUT2D eigenvalue weighted by Crippen LogP contribution is -2.25. The lowest BCUT2D eigenvalue weighted by molar-refractivity contribution is 0.502. The molecule has 1 fully saturated rings. The zero-order valence-corrected chi connectivity index (χ0v) is 10.1. The molecule has 2 rings (SSSR count). The number of hydrogen-bond acceptors (Lipinski definition) is 1. The Kier molecular flexibility index (Phi) is 3.59. The third-order valence-corrected chi connectivity index (χ3v) is 3.51. The van der Waals surface area contributed by atoms with Crippen LogP contribution in [0.5, 0.6) is 0 Å². The van der Waals surface area contributed by atoms with Crippen molar-refractivity contribution < 1.29 is 4.39 Å². The fourth-order valence-electron chi connectivity index (χ4n) is 2.47. The van der Waals surface area contributed by atoms with Crippen LogP contribution in [0, 0.1) is 18.7 Å². The Hall–Kier alpha value is -0.890. The van der Waals surface area contributed by atoms with Gasteiger partial charge in [0.2, 0.25) is 0 Å². The van der Waals surface area contributed by atoms with Crippen molar-refractivity contribution in [3.8, 4) is 0 Å². The van der Waals surface area contributed by atoms with Crippen molar-refractivity contribution in [3.63, 3.8) is 0 Å². The molecule has 1 N–H and O–H groups in total. The first kappa shape index (κ1) is 11.6. The van der Waals surface area contributed by atoms with E-state index in [1.165, 1.54) is 24.8 Å². The SMILES string of the molecule is Cc1cc(CNC2CCC(C)C2)ccc1F. The van der Waals surface area contributed by atoms with Crippen molar-refractivity contribution in [2.45, 2.75) is 45.7 Å². The Balaban J connectivity index is 1.87. The summed E-state index contributed by atoms with van der Waals surface area (Å²) in [6, 6.07) is 6.01. The van der Waals surface area contributed by atoms with E-state index in [4.69, 9.17) is 0 Å². The molecule has 1 saturated carbocycles. The average molecular weight is 221 g/mol. The summed E-state index contributed by atoms with van der Waals surface area (Å²) in [6.45, 7) is 4.98. The summed E-state index contributed by atoms with van der Waals surface area (Å²) in [7, 11) is 0. The fraction of sp³-hybridized carbons (Fsp3) is 0.571. The van der Waals surface area contributed by atoms with Crippen molar-refractivity contribution in [3.05, 3.63) is 35.1 Å². The Bertz CT molecular complexity index is 362. The first-order chi connectivity index (χ1) is 7.65. The van der Waals surface area contributed by atoms with Gasteiger partial charge in [0.15, 0.2) is 0 Å². The summed E-state index contributed by atoms with van der Waals surface area (Å²) in [5, 5.41) is 3.55. The molecule has 0 saturated heterocycles. The molecule has 1 aromatic carbocycles. The molecule has 1 aliphatic carbocycles. The zero-order chi connectivity index (χ0) is 11.5. The summed E-state index contributed by atoms with van der Waals surface area (Å²) in [5.74, 6) is 0.741. The van der Waals surface area contributed by atoms with Crippen LogP contribution in [0.3, 0.4) is 0 Å². The van der Waals surface area contributed by atoms with E-state index in [1.807, 2.05) is 19.1 Å². The van der Waals surface area contributed by atoms with Crippen molar-refractivity contribution in [2.24, 2.45) is 5.92 Å². The summed E-state index contributed by atoms with van der Waals surface area (Å²) in [6.07, 6.45) is 3.89. The van der Waals surface area contributed by atoms with Crippen LogP contribution in [0.1, 0.15) is 37.3 Å². The fourth-order valence-corrected chi connectivity index (χ4v) is 2.47. The molecule has 0 spiro atoms. The minimum atomic E-state index is -0.113. The number of hydrogen-bond donors (Lipinski definition) is 1. The molecule has 88 valence electrons. The Morgan fingerprint density at radius 3 is 2.81 bits per heavy atom. The van der Waals surface area contributed by atoms with Gasteiger partial charge in [-0.1, -0.05) is 19.1 Å². The van der Waals surface area contributed by atoms with Crippen LogP contribution in [0.4, 0.5) is 4.39 Å².